The summed E-state index contributed by atoms with van der Waals surface area (Å²) < 4.78 is 42.4. The molecule has 0 spiro atoms. The summed E-state index contributed by atoms with van der Waals surface area (Å²) >= 11 is 0. The highest BCUT2D eigenvalue weighted by Crippen LogP contribution is 2.29. The molecule has 0 bridgehead atoms. The largest absolute Gasteiger partial charge is 0.417 e. The Labute approximate surface area is 204 Å². The van der Waals surface area contributed by atoms with E-state index in [1.807, 2.05) is 25.2 Å². The van der Waals surface area contributed by atoms with Crippen LogP contribution in [0.25, 0.3) is 22.2 Å². The number of hydrogen-bond acceptors (Lipinski definition) is 5. The van der Waals surface area contributed by atoms with Crippen LogP contribution in [-0.2, 0) is 12.7 Å². The zero-order valence-electron chi connectivity index (χ0n) is 19.9. The number of benzene rings is 1. The van der Waals surface area contributed by atoms with Crippen molar-refractivity contribution in [1.29, 1.82) is 0 Å². The molecule has 0 saturated carbocycles. The van der Waals surface area contributed by atoms with Gasteiger partial charge in [0.15, 0.2) is 0 Å². The van der Waals surface area contributed by atoms with Crippen LogP contribution in [0.1, 0.15) is 41.2 Å². The maximum absolute atomic E-state index is 13.6. The molecular weight excluding hydrogens is 471 g/mol. The predicted octanol–water partition coefficient (Wildman–Crippen LogP) is 4.74. The van der Waals surface area contributed by atoms with E-state index in [4.69, 9.17) is 5.73 Å². The minimum Gasteiger partial charge on any atom is -0.382 e. The van der Waals surface area contributed by atoms with Crippen LogP contribution in [0, 0.1) is 12.8 Å². The number of anilines is 1. The highest BCUT2D eigenvalue weighted by Gasteiger charge is 2.31. The minimum absolute atomic E-state index is 0.150. The number of hydrogen-bond donors (Lipinski definition) is 1. The summed E-state index contributed by atoms with van der Waals surface area (Å²) in [5.74, 6) is 0.298. The number of pyridine rings is 1. The van der Waals surface area contributed by atoms with Crippen LogP contribution in [-0.4, -0.2) is 41.1 Å². The number of nitrogens with two attached hydrogens (primary N) is 1. The number of imidazole rings is 2. The van der Waals surface area contributed by atoms with Gasteiger partial charge in [-0.3, -0.25) is 9.20 Å². The molecule has 0 radical (unpaired) electrons. The van der Waals surface area contributed by atoms with Gasteiger partial charge in [-0.15, -0.1) is 0 Å². The Hall–Kier alpha value is -4.15. The molecule has 0 fully saturated rings. The monoisotopic (exact) mass is 495 g/mol. The number of aromatic nitrogens is 5. The number of aryl methyl sites for hydroxylation is 1. The standard InChI is InChI=1S/C25H24F3N7O/c1-14(2)9-34(12-18-11-33-10-17(25(26,27)28)5-7-21(33)31-18)24(36)16-4-6-19-20(8-16)35-13-30-15(3)22(35)23(29)32-19/h4-8,10-11,13-14H,9,12H2,1-3H3,(H2,29,32). The van der Waals surface area contributed by atoms with E-state index < -0.39 is 11.7 Å². The summed E-state index contributed by atoms with van der Waals surface area (Å²) in [5.41, 5.74) is 9.41. The lowest BCUT2D eigenvalue weighted by molar-refractivity contribution is -0.137. The van der Waals surface area contributed by atoms with E-state index in [1.165, 1.54) is 16.7 Å². The second kappa shape index (κ2) is 8.51. The third kappa shape index (κ3) is 4.21. The lowest BCUT2D eigenvalue weighted by Gasteiger charge is -2.24. The van der Waals surface area contributed by atoms with Crippen LogP contribution in [0.3, 0.4) is 0 Å². The van der Waals surface area contributed by atoms with Crippen molar-refractivity contribution in [2.75, 3.05) is 12.3 Å². The Morgan fingerprint density at radius 1 is 1.14 bits per heavy atom. The van der Waals surface area contributed by atoms with Crippen molar-refractivity contribution >= 4 is 33.9 Å². The summed E-state index contributed by atoms with van der Waals surface area (Å²) in [6.07, 6.45) is -0.277. The molecule has 0 aliphatic heterocycles. The van der Waals surface area contributed by atoms with Crippen LogP contribution in [0.5, 0.6) is 0 Å². The van der Waals surface area contributed by atoms with Crippen LogP contribution in [0.2, 0.25) is 0 Å². The molecular formula is C25H24F3N7O. The Morgan fingerprint density at radius 2 is 1.92 bits per heavy atom. The first-order chi connectivity index (χ1) is 17.0. The van der Waals surface area contributed by atoms with Crippen molar-refractivity contribution < 1.29 is 18.0 Å². The summed E-state index contributed by atoms with van der Waals surface area (Å²) in [5, 5.41) is 0. The van der Waals surface area contributed by atoms with Gasteiger partial charge < -0.3 is 15.0 Å². The number of rotatable bonds is 5. The summed E-state index contributed by atoms with van der Waals surface area (Å²) in [7, 11) is 0. The zero-order chi connectivity index (χ0) is 25.8. The van der Waals surface area contributed by atoms with E-state index in [-0.39, 0.29) is 18.4 Å². The number of nitrogen functional groups attached to an aromatic ring is 1. The molecule has 0 aliphatic carbocycles. The maximum atomic E-state index is 13.6. The number of nitrogens with zero attached hydrogens (tertiary/aromatic N) is 6. The van der Waals surface area contributed by atoms with E-state index in [0.29, 0.717) is 45.8 Å². The Balaban J connectivity index is 1.50. The van der Waals surface area contributed by atoms with Gasteiger partial charge in [-0.1, -0.05) is 13.8 Å². The Morgan fingerprint density at radius 3 is 2.64 bits per heavy atom. The third-order valence-corrected chi connectivity index (χ3v) is 5.97. The lowest BCUT2D eigenvalue weighted by Crippen LogP contribution is -2.34. The average Bonchev–Trinajstić information content (AvgIpc) is 3.40. The number of amides is 1. The Kier molecular flexibility index (Phi) is 5.57. The molecule has 5 rings (SSSR count). The minimum atomic E-state index is -4.45. The first kappa shape index (κ1) is 23.6. The van der Waals surface area contributed by atoms with Crippen LogP contribution < -0.4 is 5.73 Å². The van der Waals surface area contributed by atoms with E-state index in [2.05, 4.69) is 15.0 Å². The molecule has 36 heavy (non-hydrogen) atoms. The number of alkyl halides is 3. The summed E-state index contributed by atoms with van der Waals surface area (Å²) in [6, 6.07) is 7.51. The van der Waals surface area contributed by atoms with Crippen molar-refractivity contribution in [3.63, 3.8) is 0 Å². The lowest BCUT2D eigenvalue weighted by atomic mass is 10.1. The highest BCUT2D eigenvalue weighted by atomic mass is 19.4. The molecule has 2 N–H and O–H groups in total. The number of halogens is 3. The van der Waals surface area contributed by atoms with E-state index in [1.54, 1.807) is 29.4 Å². The number of carbonyl (C=O) groups is 1. The molecule has 0 saturated heterocycles. The third-order valence-electron chi connectivity index (χ3n) is 5.97. The zero-order valence-corrected chi connectivity index (χ0v) is 19.9. The molecule has 0 atom stereocenters. The average molecular weight is 496 g/mol. The van der Waals surface area contributed by atoms with Gasteiger partial charge in [-0.2, -0.15) is 13.2 Å². The molecule has 1 aromatic carbocycles. The fraction of sp³-hybridized carbons (Fsp3) is 0.280. The normalized spacial score (nSPS) is 12.3. The van der Waals surface area contributed by atoms with Crippen molar-refractivity contribution in [2.45, 2.75) is 33.5 Å². The first-order valence-electron chi connectivity index (χ1n) is 11.4. The number of carbonyl (C=O) groups excluding carboxylic acids is 1. The van der Waals surface area contributed by atoms with E-state index in [0.717, 1.165) is 18.0 Å². The Bertz CT molecular complexity index is 1620. The number of fused-ring (bicyclic) bond motifs is 4. The fourth-order valence-corrected chi connectivity index (χ4v) is 4.38. The van der Waals surface area contributed by atoms with Crippen LogP contribution in [0.4, 0.5) is 19.0 Å². The van der Waals surface area contributed by atoms with Crippen LogP contribution >= 0.6 is 0 Å². The van der Waals surface area contributed by atoms with Gasteiger partial charge in [-0.25, -0.2) is 15.0 Å². The summed E-state index contributed by atoms with van der Waals surface area (Å²) in [4.78, 5) is 28.5. The molecule has 186 valence electrons. The topological polar surface area (TPSA) is 93.8 Å². The first-order valence-corrected chi connectivity index (χ1v) is 11.4. The molecule has 0 aliphatic rings. The molecule has 5 aromatic rings. The second-order valence-corrected chi connectivity index (χ2v) is 9.24. The molecule has 11 heteroatoms. The molecule has 4 heterocycles. The van der Waals surface area contributed by atoms with Gasteiger partial charge >= 0.3 is 6.18 Å². The smallest absolute Gasteiger partial charge is 0.382 e. The van der Waals surface area contributed by atoms with Gasteiger partial charge in [-0.05, 0) is 43.2 Å². The quantitative estimate of drug-likeness (QED) is 0.380. The van der Waals surface area contributed by atoms with Crippen molar-refractivity contribution in [2.24, 2.45) is 5.92 Å². The SMILES string of the molecule is Cc1ncn2c1c(N)nc1ccc(C(=O)N(Cc3cn4cc(C(F)(F)F)ccc4n3)CC(C)C)cc12. The maximum Gasteiger partial charge on any atom is 0.417 e. The van der Waals surface area contributed by atoms with Gasteiger partial charge in [0.25, 0.3) is 5.91 Å². The van der Waals surface area contributed by atoms with Gasteiger partial charge in [0, 0.05) is 24.5 Å². The molecule has 8 nitrogen and oxygen atoms in total. The van der Waals surface area contributed by atoms with Gasteiger partial charge in [0.1, 0.15) is 23.3 Å². The van der Waals surface area contributed by atoms with Crippen molar-refractivity contribution in [1.82, 2.24) is 28.7 Å². The molecule has 4 aromatic heterocycles. The highest BCUT2D eigenvalue weighted by molar-refractivity contribution is 5.98. The van der Waals surface area contributed by atoms with E-state index >= 15 is 0 Å². The summed E-state index contributed by atoms with van der Waals surface area (Å²) in [6.45, 7) is 6.41. The van der Waals surface area contributed by atoms with Gasteiger partial charge in [0.05, 0.1) is 34.5 Å². The predicted molar refractivity (Wildman–Crippen MR) is 129 cm³/mol. The van der Waals surface area contributed by atoms with Crippen LogP contribution in [0.15, 0.2) is 49.1 Å². The molecule has 0 unspecified atom stereocenters. The van der Waals surface area contributed by atoms with E-state index in [9.17, 15) is 18.0 Å². The van der Waals surface area contributed by atoms with Gasteiger partial charge in [0.2, 0.25) is 0 Å². The molecule has 1 amide bonds. The second-order valence-electron chi connectivity index (χ2n) is 9.24. The van der Waals surface area contributed by atoms with Crippen molar-refractivity contribution in [3.05, 3.63) is 71.6 Å². The fourth-order valence-electron chi connectivity index (χ4n) is 4.38. The van der Waals surface area contributed by atoms with Crippen molar-refractivity contribution in [3.8, 4) is 0 Å².